The van der Waals surface area contributed by atoms with Crippen LogP contribution in [0.1, 0.15) is 33.6 Å². The fourth-order valence-electron chi connectivity index (χ4n) is 2.05. The molecule has 0 aliphatic rings. The molecule has 1 rings (SSSR count). The van der Waals surface area contributed by atoms with Gasteiger partial charge in [-0.1, -0.05) is 13.8 Å². The Bertz CT molecular complexity index is 342. The van der Waals surface area contributed by atoms with Crippen LogP contribution in [0.25, 0.3) is 0 Å². The first-order valence-electron chi connectivity index (χ1n) is 6.68. The lowest BCUT2D eigenvalue weighted by Crippen LogP contribution is -2.39. The fraction of sp³-hybridized carbons (Fsp3) is 0.692. The van der Waals surface area contributed by atoms with Gasteiger partial charge in [-0.2, -0.15) is 4.98 Å². The smallest absolute Gasteiger partial charge is 0.234 e. The average molecular weight is 252 g/mol. The van der Waals surface area contributed by atoms with E-state index in [4.69, 9.17) is 10.5 Å². The van der Waals surface area contributed by atoms with Gasteiger partial charge >= 0.3 is 0 Å². The topological polar surface area (TPSA) is 64.3 Å². The van der Waals surface area contributed by atoms with E-state index < -0.39 is 0 Å². The van der Waals surface area contributed by atoms with Crippen molar-refractivity contribution in [3.05, 3.63) is 12.4 Å². The average Bonchev–Trinajstić information content (AvgIpc) is 2.40. The third kappa shape index (κ3) is 3.84. The van der Waals surface area contributed by atoms with E-state index in [0.29, 0.717) is 25.1 Å². The highest BCUT2D eigenvalue weighted by atomic mass is 16.5. The number of nitrogens with two attached hydrogens (primary N) is 1. The molecular formula is C13H24N4O. The number of ether oxygens (including phenoxy) is 1. The summed E-state index contributed by atoms with van der Waals surface area (Å²) in [6.45, 7) is 8.29. The Kier molecular flexibility index (Phi) is 6.43. The second-order valence-electron chi connectivity index (χ2n) is 4.10. The van der Waals surface area contributed by atoms with E-state index in [1.54, 1.807) is 12.4 Å². The molecule has 102 valence electrons. The van der Waals surface area contributed by atoms with Crippen molar-refractivity contribution in [3.8, 4) is 5.88 Å². The van der Waals surface area contributed by atoms with Crippen LogP contribution in [0.3, 0.4) is 0 Å². The predicted molar refractivity (Wildman–Crippen MR) is 74.0 cm³/mol. The Morgan fingerprint density at radius 1 is 1.28 bits per heavy atom. The first-order chi connectivity index (χ1) is 8.76. The van der Waals surface area contributed by atoms with Gasteiger partial charge in [0.2, 0.25) is 5.88 Å². The largest absolute Gasteiger partial charge is 0.477 e. The van der Waals surface area contributed by atoms with Crippen LogP contribution in [-0.4, -0.2) is 35.7 Å². The fourth-order valence-corrected chi connectivity index (χ4v) is 2.05. The summed E-state index contributed by atoms with van der Waals surface area (Å²) in [4.78, 5) is 10.9. The number of anilines is 1. The highest BCUT2D eigenvalue weighted by Gasteiger charge is 2.17. The molecule has 1 aromatic rings. The summed E-state index contributed by atoms with van der Waals surface area (Å²) in [5, 5.41) is 0. The van der Waals surface area contributed by atoms with Crippen LogP contribution < -0.4 is 15.4 Å². The minimum absolute atomic E-state index is 0.444. The van der Waals surface area contributed by atoms with Crippen LogP contribution in [0.4, 0.5) is 5.82 Å². The van der Waals surface area contributed by atoms with Crippen molar-refractivity contribution in [2.75, 3.05) is 24.6 Å². The van der Waals surface area contributed by atoms with Crippen LogP contribution in [0, 0.1) is 0 Å². The van der Waals surface area contributed by atoms with Gasteiger partial charge in [0.15, 0.2) is 5.82 Å². The molecule has 0 amide bonds. The Hall–Kier alpha value is -1.36. The highest BCUT2D eigenvalue weighted by molar-refractivity contribution is 5.39. The van der Waals surface area contributed by atoms with E-state index in [9.17, 15) is 0 Å². The predicted octanol–water partition coefficient (Wildman–Crippen LogP) is 1.83. The number of nitrogens with zero attached hydrogens (tertiary/aromatic N) is 3. The zero-order valence-electron chi connectivity index (χ0n) is 11.6. The molecule has 0 saturated carbocycles. The van der Waals surface area contributed by atoms with E-state index in [1.165, 1.54) is 0 Å². The van der Waals surface area contributed by atoms with E-state index in [0.717, 1.165) is 25.2 Å². The molecule has 5 nitrogen and oxygen atoms in total. The second-order valence-corrected chi connectivity index (χ2v) is 4.10. The van der Waals surface area contributed by atoms with Crippen molar-refractivity contribution in [2.24, 2.45) is 5.73 Å². The van der Waals surface area contributed by atoms with Gasteiger partial charge in [-0.15, -0.1) is 0 Å². The zero-order valence-corrected chi connectivity index (χ0v) is 11.6. The van der Waals surface area contributed by atoms with Crippen LogP contribution >= 0.6 is 0 Å². The van der Waals surface area contributed by atoms with Crippen molar-refractivity contribution in [2.45, 2.75) is 39.7 Å². The van der Waals surface area contributed by atoms with E-state index in [2.05, 4.69) is 28.7 Å². The Balaban J connectivity index is 2.93. The summed E-state index contributed by atoms with van der Waals surface area (Å²) in [6.07, 6.45) is 5.55. The lowest BCUT2D eigenvalue weighted by Gasteiger charge is -2.31. The molecule has 0 saturated heterocycles. The number of rotatable bonds is 8. The van der Waals surface area contributed by atoms with Gasteiger partial charge in [0, 0.05) is 19.1 Å². The Morgan fingerprint density at radius 3 is 2.56 bits per heavy atom. The molecule has 0 aliphatic carbocycles. The zero-order chi connectivity index (χ0) is 13.4. The molecule has 1 aromatic heterocycles. The molecule has 5 heteroatoms. The summed E-state index contributed by atoms with van der Waals surface area (Å²) in [5.41, 5.74) is 5.69. The Labute approximate surface area is 109 Å². The molecule has 0 radical (unpaired) electrons. The maximum absolute atomic E-state index is 5.69. The third-order valence-corrected chi connectivity index (χ3v) is 2.94. The molecule has 1 heterocycles. The van der Waals surface area contributed by atoms with Crippen LogP contribution in [0.5, 0.6) is 5.88 Å². The normalized spacial score (nSPS) is 10.7. The van der Waals surface area contributed by atoms with Gasteiger partial charge < -0.3 is 15.4 Å². The summed E-state index contributed by atoms with van der Waals surface area (Å²) >= 11 is 0. The van der Waals surface area contributed by atoms with Gasteiger partial charge in [-0.3, -0.25) is 4.98 Å². The van der Waals surface area contributed by atoms with Crippen LogP contribution in [0.2, 0.25) is 0 Å². The van der Waals surface area contributed by atoms with Gasteiger partial charge in [0.25, 0.3) is 0 Å². The van der Waals surface area contributed by atoms with Gasteiger partial charge in [-0.05, 0) is 19.8 Å². The summed E-state index contributed by atoms with van der Waals surface area (Å²) in [7, 11) is 0. The summed E-state index contributed by atoms with van der Waals surface area (Å²) < 4.78 is 5.39. The standard InChI is InChI=1S/C13H24N4O/c1-4-11(5-2)17(8-7-14)12-9-15-10-13(16-12)18-6-3/h9-11H,4-8,14H2,1-3H3. The molecule has 0 aromatic carbocycles. The van der Waals surface area contributed by atoms with Crippen molar-refractivity contribution >= 4 is 5.82 Å². The minimum atomic E-state index is 0.444. The van der Waals surface area contributed by atoms with E-state index >= 15 is 0 Å². The van der Waals surface area contributed by atoms with Crippen LogP contribution in [-0.2, 0) is 0 Å². The molecule has 0 spiro atoms. The molecule has 0 fully saturated rings. The molecule has 0 atom stereocenters. The van der Waals surface area contributed by atoms with Crippen molar-refractivity contribution in [3.63, 3.8) is 0 Å². The number of hydrogen-bond donors (Lipinski definition) is 1. The quantitative estimate of drug-likeness (QED) is 0.764. The van der Waals surface area contributed by atoms with Crippen LogP contribution in [0.15, 0.2) is 12.4 Å². The van der Waals surface area contributed by atoms with Gasteiger partial charge in [-0.25, -0.2) is 0 Å². The maximum Gasteiger partial charge on any atom is 0.234 e. The molecule has 18 heavy (non-hydrogen) atoms. The molecule has 0 aliphatic heterocycles. The van der Waals surface area contributed by atoms with Crippen molar-refractivity contribution in [1.29, 1.82) is 0 Å². The first kappa shape index (κ1) is 14.7. The lowest BCUT2D eigenvalue weighted by molar-refractivity contribution is 0.325. The number of hydrogen-bond acceptors (Lipinski definition) is 5. The third-order valence-electron chi connectivity index (χ3n) is 2.94. The number of aromatic nitrogens is 2. The molecule has 2 N–H and O–H groups in total. The van der Waals surface area contributed by atoms with Crippen molar-refractivity contribution < 1.29 is 4.74 Å². The first-order valence-corrected chi connectivity index (χ1v) is 6.68. The van der Waals surface area contributed by atoms with E-state index in [1.807, 2.05) is 6.92 Å². The minimum Gasteiger partial charge on any atom is -0.477 e. The highest BCUT2D eigenvalue weighted by Crippen LogP contribution is 2.19. The maximum atomic E-state index is 5.69. The van der Waals surface area contributed by atoms with Gasteiger partial charge in [0.05, 0.1) is 19.0 Å². The Morgan fingerprint density at radius 2 is 2.00 bits per heavy atom. The summed E-state index contributed by atoms with van der Waals surface area (Å²) in [5.74, 6) is 1.42. The second kappa shape index (κ2) is 7.87. The summed E-state index contributed by atoms with van der Waals surface area (Å²) in [6, 6.07) is 0.444. The molecular weight excluding hydrogens is 228 g/mol. The monoisotopic (exact) mass is 252 g/mol. The van der Waals surface area contributed by atoms with Crippen molar-refractivity contribution in [1.82, 2.24) is 9.97 Å². The molecule has 0 unspecified atom stereocenters. The van der Waals surface area contributed by atoms with E-state index in [-0.39, 0.29) is 0 Å². The van der Waals surface area contributed by atoms with Gasteiger partial charge in [0.1, 0.15) is 0 Å². The SMILES string of the molecule is CCOc1cncc(N(CCN)C(CC)CC)n1. The molecule has 0 bridgehead atoms. The lowest BCUT2D eigenvalue weighted by atomic mass is 10.1.